The zero-order valence-electron chi connectivity index (χ0n) is 11.9. The molecule has 1 fully saturated rings. The topological polar surface area (TPSA) is 58.2 Å². The Morgan fingerprint density at radius 1 is 1.20 bits per heavy atom. The first-order valence-electron chi connectivity index (χ1n) is 6.80. The van der Waals surface area contributed by atoms with Crippen molar-refractivity contribution in [3.8, 4) is 0 Å². The van der Waals surface area contributed by atoms with E-state index in [1.807, 2.05) is 6.07 Å². The minimum Gasteiger partial charge on any atom is -0.352 e. The second kappa shape index (κ2) is 6.79. The van der Waals surface area contributed by atoms with Crippen molar-refractivity contribution in [2.24, 2.45) is 0 Å². The Balaban J connectivity index is 1.68. The number of hydrogen-bond acceptors (Lipinski definition) is 3. The minimum absolute atomic E-state index is 0.0722. The van der Waals surface area contributed by atoms with E-state index in [1.165, 1.54) is 22.9 Å². The van der Waals surface area contributed by atoms with E-state index in [4.69, 9.17) is 0 Å². The molecule has 2 N–H and O–H groups in total. The zero-order valence-corrected chi connectivity index (χ0v) is 12.7. The van der Waals surface area contributed by atoms with E-state index >= 15 is 0 Å². The maximum absolute atomic E-state index is 11.7. The molecule has 108 valence electrons. The molecule has 2 amide bonds. The smallest absolute Gasteiger partial charge is 0.239 e. The maximum Gasteiger partial charge on any atom is 0.239 e. The molecular formula is C15H20N2O2S. The normalized spacial score (nSPS) is 13.9. The predicted octanol–water partition coefficient (Wildman–Crippen LogP) is 1.79. The van der Waals surface area contributed by atoms with Crippen LogP contribution in [0.25, 0.3) is 0 Å². The van der Waals surface area contributed by atoms with Crippen molar-refractivity contribution in [1.29, 1.82) is 0 Å². The van der Waals surface area contributed by atoms with Crippen LogP contribution in [0.2, 0.25) is 0 Å². The third-order valence-electron chi connectivity index (χ3n) is 3.24. The van der Waals surface area contributed by atoms with E-state index in [2.05, 4.69) is 36.6 Å². The number of carbonyl (C=O) groups excluding carboxylic acids is 2. The molecule has 4 nitrogen and oxygen atoms in total. The van der Waals surface area contributed by atoms with E-state index in [1.54, 1.807) is 0 Å². The fraction of sp³-hybridized carbons (Fsp3) is 0.467. The van der Waals surface area contributed by atoms with Gasteiger partial charge in [0.15, 0.2) is 0 Å². The Hall–Kier alpha value is -1.49. The van der Waals surface area contributed by atoms with Crippen LogP contribution in [-0.2, 0) is 9.59 Å². The highest BCUT2D eigenvalue weighted by atomic mass is 32.2. The number of amides is 2. The number of nitrogens with one attached hydrogen (secondary N) is 2. The lowest BCUT2D eigenvalue weighted by molar-refractivity contribution is -0.124. The van der Waals surface area contributed by atoms with Gasteiger partial charge >= 0.3 is 0 Å². The van der Waals surface area contributed by atoms with E-state index in [-0.39, 0.29) is 18.4 Å². The standard InChI is InChI=1S/C15H20N2O2S/c1-10-3-6-13(7-11(10)2)20-9-15(19)16-8-14(18)17-12-4-5-12/h3,6-7,12H,4-5,8-9H2,1-2H3,(H,16,19)(H,17,18). The van der Waals surface area contributed by atoms with Crippen molar-refractivity contribution in [1.82, 2.24) is 10.6 Å². The molecule has 0 spiro atoms. The SMILES string of the molecule is Cc1ccc(SCC(=O)NCC(=O)NC2CC2)cc1C. The number of carbonyl (C=O) groups is 2. The Kier molecular flexibility index (Phi) is 5.06. The fourth-order valence-electron chi connectivity index (χ4n) is 1.69. The highest BCUT2D eigenvalue weighted by Crippen LogP contribution is 2.20. The summed E-state index contributed by atoms with van der Waals surface area (Å²) in [6.45, 7) is 4.19. The third-order valence-corrected chi connectivity index (χ3v) is 4.23. The highest BCUT2D eigenvalue weighted by molar-refractivity contribution is 8.00. The molecule has 1 saturated carbocycles. The summed E-state index contributed by atoms with van der Waals surface area (Å²) in [4.78, 5) is 24.2. The Labute approximate surface area is 123 Å². The van der Waals surface area contributed by atoms with Crippen LogP contribution in [0.1, 0.15) is 24.0 Å². The van der Waals surface area contributed by atoms with Crippen molar-refractivity contribution in [2.45, 2.75) is 37.6 Å². The Morgan fingerprint density at radius 2 is 1.95 bits per heavy atom. The fourth-order valence-corrected chi connectivity index (χ4v) is 2.51. The van der Waals surface area contributed by atoms with Gasteiger partial charge in [0.05, 0.1) is 12.3 Å². The van der Waals surface area contributed by atoms with Crippen molar-refractivity contribution in [3.63, 3.8) is 0 Å². The first kappa shape index (κ1) is 14.9. The van der Waals surface area contributed by atoms with Crippen molar-refractivity contribution in [2.75, 3.05) is 12.3 Å². The summed E-state index contributed by atoms with van der Waals surface area (Å²) in [5.74, 6) is 0.121. The van der Waals surface area contributed by atoms with E-state index < -0.39 is 0 Å². The Morgan fingerprint density at radius 3 is 2.60 bits per heavy atom. The molecule has 1 aliphatic rings. The first-order chi connectivity index (χ1) is 9.54. The molecule has 0 aliphatic heterocycles. The van der Waals surface area contributed by atoms with Crippen LogP contribution < -0.4 is 10.6 Å². The molecule has 0 saturated heterocycles. The summed E-state index contributed by atoms with van der Waals surface area (Å²) >= 11 is 1.49. The van der Waals surface area contributed by atoms with E-state index in [9.17, 15) is 9.59 Å². The van der Waals surface area contributed by atoms with Gasteiger partial charge in [0, 0.05) is 10.9 Å². The molecule has 0 aromatic heterocycles. The second-order valence-electron chi connectivity index (χ2n) is 5.15. The quantitative estimate of drug-likeness (QED) is 0.786. The summed E-state index contributed by atoms with van der Waals surface area (Å²) < 4.78 is 0. The third kappa shape index (κ3) is 4.89. The summed E-state index contributed by atoms with van der Waals surface area (Å²) in [5, 5.41) is 5.48. The van der Waals surface area contributed by atoms with Crippen LogP contribution in [0, 0.1) is 13.8 Å². The molecule has 0 radical (unpaired) electrons. The van der Waals surface area contributed by atoms with Gasteiger partial charge in [0.1, 0.15) is 0 Å². The predicted molar refractivity (Wildman–Crippen MR) is 80.8 cm³/mol. The lowest BCUT2D eigenvalue weighted by Gasteiger charge is -2.07. The van der Waals surface area contributed by atoms with Gasteiger partial charge in [-0.15, -0.1) is 11.8 Å². The monoisotopic (exact) mass is 292 g/mol. The van der Waals surface area contributed by atoms with Gasteiger partial charge in [-0.3, -0.25) is 9.59 Å². The molecule has 0 atom stereocenters. The van der Waals surface area contributed by atoms with Gasteiger partial charge in [0.2, 0.25) is 11.8 Å². The number of rotatable bonds is 6. The molecule has 0 heterocycles. The number of benzene rings is 1. The van der Waals surface area contributed by atoms with Crippen LogP contribution >= 0.6 is 11.8 Å². The van der Waals surface area contributed by atoms with Gasteiger partial charge in [-0.2, -0.15) is 0 Å². The molecule has 1 aromatic carbocycles. The molecule has 1 aromatic rings. The summed E-state index contributed by atoms with van der Waals surface area (Å²) in [6, 6.07) is 6.48. The summed E-state index contributed by atoms with van der Waals surface area (Å²) in [7, 11) is 0. The van der Waals surface area contributed by atoms with Gasteiger partial charge < -0.3 is 10.6 Å². The van der Waals surface area contributed by atoms with Gasteiger partial charge in [-0.05, 0) is 49.9 Å². The number of thioether (sulfide) groups is 1. The van der Waals surface area contributed by atoms with E-state index in [0.29, 0.717) is 11.8 Å². The summed E-state index contributed by atoms with van der Waals surface area (Å²) in [5.41, 5.74) is 2.47. The molecule has 2 rings (SSSR count). The number of hydrogen-bond donors (Lipinski definition) is 2. The van der Waals surface area contributed by atoms with Crippen LogP contribution in [0.3, 0.4) is 0 Å². The lowest BCUT2D eigenvalue weighted by Crippen LogP contribution is -2.38. The minimum atomic E-state index is -0.112. The van der Waals surface area contributed by atoms with Gasteiger partial charge in [-0.25, -0.2) is 0 Å². The van der Waals surface area contributed by atoms with E-state index in [0.717, 1.165) is 17.7 Å². The van der Waals surface area contributed by atoms with Crippen LogP contribution in [0.4, 0.5) is 0 Å². The molecular weight excluding hydrogens is 272 g/mol. The lowest BCUT2D eigenvalue weighted by atomic mass is 10.1. The van der Waals surface area contributed by atoms with Crippen molar-refractivity contribution >= 4 is 23.6 Å². The molecule has 0 unspecified atom stereocenters. The average molecular weight is 292 g/mol. The van der Waals surface area contributed by atoms with Crippen LogP contribution in [0.5, 0.6) is 0 Å². The summed E-state index contributed by atoms with van der Waals surface area (Å²) in [6.07, 6.45) is 2.12. The molecule has 20 heavy (non-hydrogen) atoms. The van der Waals surface area contributed by atoms with Crippen LogP contribution in [0.15, 0.2) is 23.1 Å². The largest absolute Gasteiger partial charge is 0.352 e. The molecule has 0 bridgehead atoms. The first-order valence-corrected chi connectivity index (χ1v) is 7.79. The second-order valence-corrected chi connectivity index (χ2v) is 6.20. The van der Waals surface area contributed by atoms with Gasteiger partial charge in [0.25, 0.3) is 0 Å². The zero-order chi connectivity index (χ0) is 14.5. The maximum atomic E-state index is 11.7. The average Bonchev–Trinajstić information content (AvgIpc) is 3.21. The molecule has 5 heteroatoms. The van der Waals surface area contributed by atoms with Crippen LogP contribution in [-0.4, -0.2) is 30.2 Å². The van der Waals surface area contributed by atoms with Gasteiger partial charge in [-0.1, -0.05) is 6.07 Å². The van der Waals surface area contributed by atoms with Crippen molar-refractivity contribution < 1.29 is 9.59 Å². The molecule has 1 aliphatic carbocycles. The van der Waals surface area contributed by atoms with Crippen molar-refractivity contribution in [3.05, 3.63) is 29.3 Å². The number of aryl methyl sites for hydroxylation is 2. The Bertz CT molecular complexity index is 513. The highest BCUT2D eigenvalue weighted by Gasteiger charge is 2.23.